The summed E-state index contributed by atoms with van der Waals surface area (Å²) in [4.78, 5) is 4.90. The molecule has 0 unspecified atom stereocenters. The predicted molar refractivity (Wildman–Crippen MR) is 120 cm³/mol. The molecule has 0 saturated carbocycles. The van der Waals surface area contributed by atoms with E-state index in [1.165, 1.54) is 22.7 Å². The zero-order valence-electron chi connectivity index (χ0n) is 16.5. The van der Waals surface area contributed by atoms with Gasteiger partial charge in [0.2, 0.25) is 5.82 Å². The van der Waals surface area contributed by atoms with Crippen LogP contribution in [0.5, 0.6) is 0 Å². The van der Waals surface area contributed by atoms with E-state index in [1.54, 1.807) is 41.8 Å². The van der Waals surface area contributed by atoms with E-state index in [9.17, 15) is 8.42 Å². The molecule has 4 rings (SSSR count). The van der Waals surface area contributed by atoms with Gasteiger partial charge >= 0.3 is 0 Å². The normalized spacial score (nSPS) is 11.6. The average Bonchev–Trinajstić information content (AvgIpc) is 3.39. The number of thiophene rings is 1. The molecule has 4 aromatic rings. The summed E-state index contributed by atoms with van der Waals surface area (Å²) in [5.74, 6) is 0.485. The summed E-state index contributed by atoms with van der Waals surface area (Å²) in [6, 6.07) is 14.1. The van der Waals surface area contributed by atoms with Crippen LogP contribution >= 0.6 is 22.9 Å². The highest BCUT2D eigenvalue weighted by Crippen LogP contribution is 2.36. The Balaban J connectivity index is 1.71. The Hall–Kier alpha value is -2.68. The van der Waals surface area contributed by atoms with Gasteiger partial charge in [-0.1, -0.05) is 35.0 Å². The first-order valence-corrected chi connectivity index (χ1v) is 11.7. The first-order chi connectivity index (χ1) is 14.3. The highest BCUT2D eigenvalue weighted by atomic mass is 35.5. The minimum atomic E-state index is -3.82. The molecule has 0 radical (unpaired) electrons. The summed E-state index contributed by atoms with van der Waals surface area (Å²) >= 11 is 7.26. The summed E-state index contributed by atoms with van der Waals surface area (Å²) in [5.41, 5.74) is 3.38. The van der Waals surface area contributed by atoms with E-state index < -0.39 is 10.0 Å². The fourth-order valence-electron chi connectivity index (χ4n) is 2.92. The quantitative estimate of drug-likeness (QED) is 0.390. The molecule has 2 aromatic carbocycles. The van der Waals surface area contributed by atoms with E-state index in [0.717, 1.165) is 11.1 Å². The second kappa shape index (κ2) is 7.86. The van der Waals surface area contributed by atoms with Crippen LogP contribution in [0.4, 0.5) is 5.69 Å². The van der Waals surface area contributed by atoms with Gasteiger partial charge in [0.05, 0.1) is 5.69 Å². The summed E-state index contributed by atoms with van der Waals surface area (Å²) in [6.45, 7) is 3.93. The molecule has 2 aromatic heterocycles. The number of nitrogens with zero attached hydrogens (tertiary/aromatic N) is 3. The first kappa shape index (κ1) is 20.6. The molecule has 0 bridgehead atoms. The van der Waals surface area contributed by atoms with Crippen LogP contribution < -0.4 is 4.31 Å². The van der Waals surface area contributed by atoms with Crippen molar-refractivity contribution in [1.82, 2.24) is 10.1 Å². The molecule has 0 aliphatic heterocycles. The smallest absolute Gasteiger partial charge is 0.269 e. The maximum atomic E-state index is 13.3. The van der Waals surface area contributed by atoms with Gasteiger partial charge in [-0.2, -0.15) is 4.98 Å². The summed E-state index contributed by atoms with van der Waals surface area (Å²) < 4.78 is 33.3. The molecule has 30 heavy (non-hydrogen) atoms. The standard InChI is InChI=1S/C21H18ClN3O3S2/c1-13-7-8-17(11-14(13)2)25(3)30(26,27)18-9-10-29-19(18)21-23-20(24-28-21)15-5-4-6-16(22)12-15/h4-12H,1-3H3. The number of aryl methyl sites for hydroxylation is 2. The predicted octanol–water partition coefficient (Wildman–Crippen LogP) is 5.56. The van der Waals surface area contributed by atoms with Gasteiger partial charge in [-0.3, -0.25) is 4.31 Å². The Labute approximate surface area is 183 Å². The minimum Gasteiger partial charge on any atom is -0.333 e. The van der Waals surface area contributed by atoms with Crippen molar-refractivity contribution in [3.05, 3.63) is 70.1 Å². The lowest BCUT2D eigenvalue weighted by Crippen LogP contribution is -2.26. The molecule has 154 valence electrons. The highest BCUT2D eigenvalue weighted by molar-refractivity contribution is 7.93. The third-order valence-corrected chi connectivity index (χ3v) is 7.92. The number of anilines is 1. The van der Waals surface area contributed by atoms with Crippen molar-refractivity contribution in [2.75, 3.05) is 11.4 Å². The van der Waals surface area contributed by atoms with Gasteiger partial charge in [-0.25, -0.2) is 8.42 Å². The van der Waals surface area contributed by atoms with Crippen LogP contribution in [-0.2, 0) is 10.0 Å². The molecule has 6 nitrogen and oxygen atoms in total. The van der Waals surface area contributed by atoms with Gasteiger partial charge in [0.25, 0.3) is 15.9 Å². The monoisotopic (exact) mass is 459 g/mol. The van der Waals surface area contributed by atoms with Gasteiger partial charge in [0.15, 0.2) is 0 Å². The number of halogens is 1. The van der Waals surface area contributed by atoms with Crippen LogP contribution in [0.15, 0.2) is 63.3 Å². The van der Waals surface area contributed by atoms with E-state index in [4.69, 9.17) is 16.1 Å². The lowest BCUT2D eigenvalue weighted by atomic mass is 10.1. The van der Waals surface area contributed by atoms with Gasteiger partial charge < -0.3 is 4.52 Å². The maximum Gasteiger partial charge on any atom is 0.269 e. The first-order valence-electron chi connectivity index (χ1n) is 9.01. The largest absolute Gasteiger partial charge is 0.333 e. The number of benzene rings is 2. The van der Waals surface area contributed by atoms with Crippen molar-refractivity contribution >= 4 is 38.6 Å². The van der Waals surface area contributed by atoms with Crippen molar-refractivity contribution in [2.45, 2.75) is 18.7 Å². The van der Waals surface area contributed by atoms with Crippen molar-refractivity contribution < 1.29 is 12.9 Å². The van der Waals surface area contributed by atoms with E-state index in [0.29, 0.717) is 27.0 Å². The molecule has 0 N–H and O–H groups in total. The number of hydrogen-bond acceptors (Lipinski definition) is 6. The van der Waals surface area contributed by atoms with Crippen LogP contribution in [0.2, 0.25) is 5.02 Å². The van der Waals surface area contributed by atoms with Crippen LogP contribution in [-0.4, -0.2) is 25.6 Å². The second-order valence-corrected chi connectivity index (χ2v) is 10.1. The summed E-state index contributed by atoms with van der Waals surface area (Å²) in [7, 11) is -2.29. The van der Waals surface area contributed by atoms with Crippen LogP contribution in [0.3, 0.4) is 0 Å². The highest BCUT2D eigenvalue weighted by Gasteiger charge is 2.28. The van der Waals surface area contributed by atoms with Crippen molar-refractivity contribution in [2.24, 2.45) is 0 Å². The zero-order valence-corrected chi connectivity index (χ0v) is 18.8. The summed E-state index contributed by atoms with van der Waals surface area (Å²) in [6.07, 6.45) is 0. The molecule has 0 aliphatic carbocycles. The third kappa shape index (κ3) is 3.74. The SMILES string of the molecule is Cc1ccc(N(C)S(=O)(=O)c2ccsc2-c2nc(-c3cccc(Cl)c3)no2)cc1C. The molecule has 0 aliphatic rings. The van der Waals surface area contributed by atoms with Gasteiger partial charge in [-0.05, 0) is 60.7 Å². The minimum absolute atomic E-state index is 0.120. The van der Waals surface area contributed by atoms with E-state index in [-0.39, 0.29) is 10.8 Å². The Kier molecular flexibility index (Phi) is 5.40. The Morgan fingerprint density at radius 2 is 1.87 bits per heavy atom. The number of sulfonamides is 1. The third-order valence-electron chi connectivity index (χ3n) is 4.82. The molecule has 9 heteroatoms. The molecule has 0 fully saturated rings. The zero-order chi connectivity index (χ0) is 21.5. The topological polar surface area (TPSA) is 76.3 Å². The number of aromatic nitrogens is 2. The summed E-state index contributed by atoms with van der Waals surface area (Å²) in [5, 5.41) is 6.23. The fourth-order valence-corrected chi connectivity index (χ4v) is 5.62. The van der Waals surface area contributed by atoms with Gasteiger partial charge in [0, 0.05) is 17.6 Å². The van der Waals surface area contributed by atoms with E-state index in [2.05, 4.69) is 10.1 Å². The van der Waals surface area contributed by atoms with E-state index in [1.807, 2.05) is 26.0 Å². The molecular weight excluding hydrogens is 442 g/mol. The molecule has 2 heterocycles. The second-order valence-electron chi connectivity index (χ2n) is 6.79. The molecule has 0 atom stereocenters. The Morgan fingerprint density at radius 3 is 2.60 bits per heavy atom. The van der Waals surface area contributed by atoms with Gasteiger partial charge in [0.1, 0.15) is 9.77 Å². The lowest BCUT2D eigenvalue weighted by Gasteiger charge is -2.20. The fraction of sp³-hybridized carbons (Fsp3) is 0.143. The molecule has 0 spiro atoms. The van der Waals surface area contributed by atoms with Gasteiger partial charge in [-0.15, -0.1) is 11.3 Å². The van der Waals surface area contributed by atoms with Crippen LogP contribution in [0.1, 0.15) is 11.1 Å². The molecule has 0 amide bonds. The van der Waals surface area contributed by atoms with Crippen molar-refractivity contribution in [3.63, 3.8) is 0 Å². The molecular formula is C21H18ClN3O3S2. The average molecular weight is 460 g/mol. The van der Waals surface area contributed by atoms with Crippen LogP contribution in [0, 0.1) is 13.8 Å². The molecule has 0 saturated heterocycles. The number of rotatable bonds is 5. The number of hydrogen-bond donors (Lipinski definition) is 0. The van der Waals surface area contributed by atoms with E-state index >= 15 is 0 Å². The lowest BCUT2D eigenvalue weighted by molar-refractivity contribution is 0.432. The Morgan fingerprint density at radius 1 is 1.07 bits per heavy atom. The van der Waals surface area contributed by atoms with Crippen molar-refractivity contribution in [3.8, 4) is 22.2 Å². The van der Waals surface area contributed by atoms with Crippen molar-refractivity contribution in [1.29, 1.82) is 0 Å². The van der Waals surface area contributed by atoms with Crippen LogP contribution in [0.25, 0.3) is 22.2 Å². The Bertz CT molecular complexity index is 1330. The maximum absolute atomic E-state index is 13.3.